The van der Waals surface area contributed by atoms with Crippen LogP contribution >= 0.6 is 0 Å². The van der Waals surface area contributed by atoms with E-state index in [4.69, 9.17) is 4.74 Å². The van der Waals surface area contributed by atoms with Gasteiger partial charge in [-0.1, -0.05) is 44.2 Å². The number of nitrogens with zero attached hydrogens (tertiary/aromatic N) is 2. The zero-order chi connectivity index (χ0) is 17.2. The quantitative estimate of drug-likeness (QED) is 0.856. The van der Waals surface area contributed by atoms with E-state index in [1.807, 2.05) is 35.2 Å². The average molecular weight is 330 g/mol. The number of amides is 2. The molecule has 0 spiro atoms. The minimum absolute atomic E-state index is 0.0349. The smallest absolute Gasteiger partial charge is 0.410 e. The Balaban J connectivity index is 1.55. The van der Waals surface area contributed by atoms with Gasteiger partial charge in [0.2, 0.25) is 5.91 Å². The van der Waals surface area contributed by atoms with Gasteiger partial charge in [0.05, 0.1) is 0 Å². The van der Waals surface area contributed by atoms with E-state index in [0.717, 1.165) is 24.9 Å². The molecule has 2 aliphatic rings. The molecule has 0 aliphatic carbocycles. The summed E-state index contributed by atoms with van der Waals surface area (Å²) in [6.45, 7) is 6.60. The molecule has 0 bridgehead atoms. The molecule has 130 valence electrons. The van der Waals surface area contributed by atoms with Gasteiger partial charge in [-0.3, -0.25) is 4.79 Å². The molecule has 1 atom stereocenters. The van der Waals surface area contributed by atoms with Crippen molar-refractivity contribution in [2.24, 2.45) is 5.41 Å². The van der Waals surface area contributed by atoms with Crippen LogP contribution in [0.3, 0.4) is 0 Å². The van der Waals surface area contributed by atoms with Crippen molar-refractivity contribution >= 4 is 12.0 Å². The predicted molar refractivity (Wildman–Crippen MR) is 91.3 cm³/mol. The highest BCUT2D eigenvalue weighted by atomic mass is 16.6. The van der Waals surface area contributed by atoms with E-state index >= 15 is 0 Å². The summed E-state index contributed by atoms with van der Waals surface area (Å²) in [5, 5.41) is 0. The van der Waals surface area contributed by atoms with E-state index < -0.39 is 0 Å². The van der Waals surface area contributed by atoms with Gasteiger partial charge in [0.25, 0.3) is 0 Å². The molecule has 3 rings (SSSR count). The highest BCUT2D eigenvalue weighted by molar-refractivity contribution is 5.79. The maximum absolute atomic E-state index is 12.3. The van der Waals surface area contributed by atoms with E-state index in [2.05, 4.69) is 13.8 Å². The molecule has 2 amide bonds. The standard InChI is InChI=1S/C19H26N2O3/c1-19(2)11-17(22)21(14-19)16-9-6-10-20(12-16)18(23)24-13-15-7-4-3-5-8-15/h3-5,7-8,16H,6,9-14H2,1-2H3/t16-/m0/s1. The lowest BCUT2D eigenvalue weighted by Crippen LogP contribution is -2.50. The van der Waals surface area contributed by atoms with Crippen molar-refractivity contribution < 1.29 is 14.3 Å². The molecule has 5 nitrogen and oxygen atoms in total. The van der Waals surface area contributed by atoms with Crippen LogP contribution in [0.1, 0.15) is 38.7 Å². The van der Waals surface area contributed by atoms with Gasteiger partial charge in [0.1, 0.15) is 6.61 Å². The van der Waals surface area contributed by atoms with Crippen LogP contribution in [0.4, 0.5) is 4.79 Å². The molecule has 2 aliphatic heterocycles. The molecule has 2 saturated heterocycles. The van der Waals surface area contributed by atoms with Gasteiger partial charge in [0, 0.05) is 32.1 Å². The second-order valence-corrected chi connectivity index (χ2v) is 7.64. The lowest BCUT2D eigenvalue weighted by molar-refractivity contribution is -0.130. The Morgan fingerprint density at radius 2 is 2.04 bits per heavy atom. The van der Waals surface area contributed by atoms with Crippen molar-refractivity contribution in [2.75, 3.05) is 19.6 Å². The summed E-state index contributed by atoms with van der Waals surface area (Å²) >= 11 is 0. The Bertz CT molecular complexity index is 600. The number of benzene rings is 1. The molecule has 2 fully saturated rings. The summed E-state index contributed by atoms with van der Waals surface area (Å²) in [6.07, 6.45) is 2.19. The molecule has 0 N–H and O–H groups in total. The molecular weight excluding hydrogens is 304 g/mol. The zero-order valence-corrected chi connectivity index (χ0v) is 14.5. The van der Waals surface area contributed by atoms with Gasteiger partial charge >= 0.3 is 6.09 Å². The first kappa shape index (κ1) is 16.8. The first-order valence-electron chi connectivity index (χ1n) is 8.70. The average Bonchev–Trinajstić information content (AvgIpc) is 2.86. The van der Waals surface area contributed by atoms with Crippen molar-refractivity contribution in [2.45, 2.75) is 45.8 Å². The highest BCUT2D eigenvalue weighted by Gasteiger charge is 2.40. The summed E-state index contributed by atoms with van der Waals surface area (Å²) in [6, 6.07) is 9.81. The van der Waals surface area contributed by atoms with E-state index in [-0.39, 0.29) is 30.1 Å². The van der Waals surface area contributed by atoms with E-state index in [1.165, 1.54) is 0 Å². The molecular formula is C19H26N2O3. The molecule has 1 aromatic rings. The van der Waals surface area contributed by atoms with Crippen LogP contribution < -0.4 is 0 Å². The van der Waals surface area contributed by atoms with Gasteiger partial charge in [0.15, 0.2) is 0 Å². The summed E-state index contributed by atoms with van der Waals surface area (Å²) in [5.41, 5.74) is 1.02. The number of likely N-dealkylation sites (tertiary alicyclic amines) is 2. The molecule has 1 aromatic carbocycles. The number of hydrogen-bond donors (Lipinski definition) is 0. The predicted octanol–water partition coefficient (Wildman–Crippen LogP) is 3.05. The van der Waals surface area contributed by atoms with Gasteiger partial charge < -0.3 is 14.5 Å². The Morgan fingerprint density at radius 1 is 1.29 bits per heavy atom. The van der Waals surface area contributed by atoms with Gasteiger partial charge in [-0.05, 0) is 23.8 Å². The van der Waals surface area contributed by atoms with Crippen LogP contribution in [-0.2, 0) is 16.1 Å². The van der Waals surface area contributed by atoms with E-state index in [1.54, 1.807) is 4.90 Å². The highest BCUT2D eigenvalue weighted by Crippen LogP contribution is 2.33. The largest absolute Gasteiger partial charge is 0.445 e. The molecule has 0 radical (unpaired) electrons. The zero-order valence-electron chi connectivity index (χ0n) is 14.5. The fourth-order valence-electron chi connectivity index (χ4n) is 3.63. The van der Waals surface area contributed by atoms with Crippen LogP contribution in [-0.4, -0.2) is 47.5 Å². The van der Waals surface area contributed by atoms with Crippen molar-refractivity contribution in [1.29, 1.82) is 0 Å². The normalized spacial score (nSPS) is 23.4. The monoisotopic (exact) mass is 330 g/mol. The maximum Gasteiger partial charge on any atom is 0.410 e. The Morgan fingerprint density at radius 3 is 2.71 bits per heavy atom. The van der Waals surface area contributed by atoms with Crippen molar-refractivity contribution in [3.63, 3.8) is 0 Å². The third kappa shape index (κ3) is 3.89. The molecule has 24 heavy (non-hydrogen) atoms. The van der Waals surface area contributed by atoms with Crippen LogP contribution in [0.25, 0.3) is 0 Å². The summed E-state index contributed by atoms with van der Waals surface area (Å²) in [5.74, 6) is 0.213. The molecule has 0 unspecified atom stereocenters. The lowest BCUT2D eigenvalue weighted by Gasteiger charge is -2.37. The summed E-state index contributed by atoms with van der Waals surface area (Å²) in [7, 11) is 0. The third-order valence-electron chi connectivity index (χ3n) is 4.85. The second kappa shape index (κ2) is 6.83. The maximum atomic E-state index is 12.3. The lowest BCUT2D eigenvalue weighted by atomic mass is 9.93. The number of hydrogen-bond acceptors (Lipinski definition) is 3. The van der Waals surface area contributed by atoms with Crippen LogP contribution in [0.2, 0.25) is 0 Å². The number of piperidine rings is 1. The first-order chi connectivity index (χ1) is 11.4. The topological polar surface area (TPSA) is 49.9 Å². The second-order valence-electron chi connectivity index (χ2n) is 7.64. The fourth-order valence-corrected chi connectivity index (χ4v) is 3.63. The van der Waals surface area contributed by atoms with Crippen molar-refractivity contribution in [3.8, 4) is 0 Å². The molecule has 0 aromatic heterocycles. The van der Waals surface area contributed by atoms with Crippen molar-refractivity contribution in [1.82, 2.24) is 9.80 Å². The van der Waals surface area contributed by atoms with Gasteiger partial charge in [-0.25, -0.2) is 4.79 Å². The summed E-state index contributed by atoms with van der Waals surface area (Å²) < 4.78 is 5.43. The number of carbonyl (C=O) groups is 2. The Hall–Kier alpha value is -2.04. The number of ether oxygens (including phenoxy) is 1. The minimum atomic E-state index is -0.283. The Labute approximate surface area is 143 Å². The van der Waals surface area contributed by atoms with E-state index in [0.29, 0.717) is 19.5 Å². The van der Waals surface area contributed by atoms with Gasteiger partial charge in [-0.2, -0.15) is 0 Å². The number of carbonyl (C=O) groups excluding carboxylic acids is 2. The van der Waals surface area contributed by atoms with Crippen LogP contribution in [0, 0.1) is 5.41 Å². The van der Waals surface area contributed by atoms with Crippen LogP contribution in [0.15, 0.2) is 30.3 Å². The summed E-state index contributed by atoms with van der Waals surface area (Å²) in [4.78, 5) is 28.3. The molecule has 5 heteroatoms. The third-order valence-corrected chi connectivity index (χ3v) is 4.85. The van der Waals surface area contributed by atoms with E-state index in [9.17, 15) is 9.59 Å². The molecule has 0 saturated carbocycles. The van der Waals surface area contributed by atoms with Crippen LogP contribution in [0.5, 0.6) is 0 Å². The fraction of sp³-hybridized carbons (Fsp3) is 0.579. The molecule has 2 heterocycles. The van der Waals surface area contributed by atoms with Crippen molar-refractivity contribution in [3.05, 3.63) is 35.9 Å². The van der Waals surface area contributed by atoms with Gasteiger partial charge in [-0.15, -0.1) is 0 Å². The first-order valence-corrected chi connectivity index (χ1v) is 8.70. The Kier molecular flexibility index (Phi) is 4.78. The SMILES string of the molecule is CC1(C)CC(=O)N([C@H]2CCCN(C(=O)OCc3ccccc3)C2)C1. The minimum Gasteiger partial charge on any atom is -0.445 e. The number of rotatable bonds is 3.